The number of hydrogen-bond acceptors (Lipinski definition) is 5. The third-order valence-electron chi connectivity index (χ3n) is 6.15. The molecule has 0 aromatic heterocycles. The van der Waals surface area contributed by atoms with Crippen molar-refractivity contribution in [2.75, 3.05) is 19.6 Å². The maximum atomic E-state index is 13.1. The fourth-order valence-corrected chi connectivity index (χ4v) is 4.66. The first-order chi connectivity index (χ1) is 15.2. The van der Waals surface area contributed by atoms with Crippen LogP contribution in [-0.2, 0) is 25.7 Å². The second kappa shape index (κ2) is 10.4. The van der Waals surface area contributed by atoms with Crippen molar-refractivity contribution in [3.05, 3.63) is 35.9 Å². The molecule has 32 heavy (non-hydrogen) atoms. The molecule has 0 saturated carbocycles. The summed E-state index contributed by atoms with van der Waals surface area (Å²) >= 11 is 0. The van der Waals surface area contributed by atoms with Crippen molar-refractivity contribution >= 4 is 18.0 Å². The summed E-state index contributed by atoms with van der Waals surface area (Å²) < 4.78 is 11.0. The minimum Gasteiger partial charge on any atom is -0.460 e. The number of benzene rings is 1. The molecule has 0 bridgehead atoms. The van der Waals surface area contributed by atoms with E-state index in [9.17, 15) is 14.4 Å². The predicted octanol–water partition coefficient (Wildman–Crippen LogP) is 4.00. The van der Waals surface area contributed by atoms with Crippen LogP contribution in [-0.4, -0.2) is 59.0 Å². The summed E-state index contributed by atoms with van der Waals surface area (Å²) in [6.45, 7) is 9.55. The lowest BCUT2D eigenvalue weighted by atomic mass is 9.87. The molecule has 3 rings (SSSR count). The van der Waals surface area contributed by atoms with Gasteiger partial charge in [0.1, 0.15) is 18.1 Å². The van der Waals surface area contributed by atoms with Gasteiger partial charge in [-0.2, -0.15) is 0 Å². The standard InChI is InChI=1S/C25H36N2O5/c1-5-9-19-16-26(24(30)32-25(2,3)4)14-13-21(19)27-15-12-20(22(27)28)23(29)31-17-18-10-7-6-8-11-18/h6-8,10-11,19-21H,5,9,12-17H2,1-4H3/t19-,20?,21+/m1/s1. The third kappa shape index (κ3) is 6.02. The molecule has 0 radical (unpaired) electrons. The smallest absolute Gasteiger partial charge is 0.410 e. The number of ether oxygens (including phenoxy) is 2. The highest BCUT2D eigenvalue weighted by molar-refractivity contribution is 5.99. The second-order valence-electron chi connectivity index (χ2n) is 9.80. The Morgan fingerprint density at radius 3 is 2.47 bits per heavy atom. The Morgan fingerprint density at radius 2 is 1.81 bits per heavy atom. The zero-order valence-corrected chi connectivity index (χ0v) is 19.7. The van der Waals surface area contributed by atoms with Gasteiger partial charge in [0.25, 0.3) is 0 Å². The Hall–Kier alpha value is -2.57. The maximum absolute atomic E-state index is 13.1. The zero-order chi connectivity index (χ0) is 23.3. The van der Waals surface area contributed by atoms with Crippen LogP contribution in [0.25, 0.3) is 0 Å². The minimum absolute atomic E-state index is 0.0352. The summed E-state index contributed by atoms with van der Waals surface area (Å²) in [7, 11) is 0. The average molecular weight is 445 g/mol. The average Bonchev–Trinajstić information content (AvgIpc) is 3.13. The molecule has 7 nitrogen and oxygen atoms in total. The number of esters is 1. The van der Waals surface area contributed by atoms with Crippen LogP contribution >= 0.6 is 0 Å². The quantitative estimate of drug-likeness (QED) is 0.490. The van der Waals surface area contributed by atoms with E-state index in [1.165, 1.54) is 0 Å². The predicted molar refractivity (Wildman–Crippen MR) is 121 cm³/mol. The number of likely N-dealkylation sites (tertiary alicyclic amines) is 2. The van der Waals surface area contributed by atoms with E-state index in [1.54, 1.807) is 4.90 Å². The van der Waals surface area contributed by atoms with Gasteiger partial charge in [-0.15, -0.1) is 0 Å². The largest absolute Gasteiger partial charge is 0.460 e. The second-order valence-corrected chi connectivity index (χ2v) is 9.80. The normalized spacial score (nSPS) is 23.9. The van der Waals surface area contributed by atoms with Crippen LogP contribution in [0.5, 0.6) is 0 Å². The maximum Gasteiger partial charge on any atom is 0.410 e. The number of amides is 2. The molecule has 2 saturated heterocycles. The summed E-state index contributed by atoms with van der Waals surface area (Å²) in [5, 5.41) is 0. The van der Waals surface area contributed by atoms with Crippen molar-refractivity contribution < 1.29 is 23.9 Å². The van der Waals surface area contributed by atoms with Gasteiger partial charge in [-0.1, -0.05) is 43.7 Å². The van der Waals surface area contributed by atoms with Crippen molar-refractivity contribution in [2.45, 2.75) is 71.6 Å². The first kappa shape index (κ1) is 24.1. The molecule has 0 N–H and O–H groups in total. The van der Waals surface area contributed by atoms with Gasteiger partial charge < -0.3 is 19.3 Å². The van der Waals surface area contributed by atoms with Crippen LogP contribution in [0.2, 0.25) is 0 Å². The highest BCUT2D eigenvalue weighted by atomic mass is 16.6. The Bertz CT molecular complexity index is 804. The van der Waals surface area contributed by atoms with E-state index in [1.807, 2.05) is 56.0 Å². The molecule has 2 aliphatic rings. The molecule has 2 fully saturated rings. The Labute approximate surface area is 191 Å². The highest BCUT2D eigenvalue weighted by Crippen LogP contribution is 2.32. The summed E-state index contributed by atoms with van der Waals surface area (Å²) in [6.07, 6.45) is 2.76. The van der Waals surface area contributed by atoms with Gasteiger partial charge in [-0.3, -0.25) is 9.59 Å². The molecule has 7 heteroatoms. The zero-order valence-electron chi connectivity index (χ0n) is 19.7. The Kier molecular flexibility index (Phi) is 7.80. The van der Waals surface area contributed by atoms with Gasteiger partial charge in [0.15, 0.2) is 0 Å². The lowest BCUT2D eigenvalue weighted by Crippen LogP contribution is -2.54. The number of nitrogens with zero attached hydrogens (tertiary/aromatic N) is 2. The van der Waals surface area contributed by atoms with E-state index >= 15 is 0 Å². The van der Waals surface area contributed by atoms with Crippen LogP contribution in [0.4, 0.5) is 4.79 Å². The molecule has 1 aromatic carbocycles. The van der Waals surface area contributed by atoms with Gasteiger partial charge >= 0.3 is 12.1 Å². The van der Waals surface area contributed by atoms with Crippen molar-refractivity contribution in [1.29, 1.82) is 0 Å². The Balaban J connectivity index is 1.60. The molecular formula is C25H36N2O5. The number of rotatable bonds is 6. The number of piperidine rings is 1. The molecule has 1 aromatic rings. The third-order valence-corrected chi connectivity index (χ3v) is 6.15. The van der Waals surface area contributed by atoms with E-state index in [0.29, 0.717) is 32.5 Å². The molecule has 176 valence electrons. The van der Waals surface area contributed by atoms with E-state index in [-0.39, 0.29) is 30.6 Å². The lowest BCUT2D eigenvalue weighted by Gasteiger charge is -2.43. The fourth-order valence-electron chi connectivity index (χ4n) is 4.66. The SMILES string of the molecule is CCC[C@@H]1CN(C(=O)OC(C)(C)C)CC[C@@H]1N1CCC(C(=O)OCc2ccccc2)C1=O. The first-order valence-electron chi connectivity index (χ1n) is 11.7. The van der Waals surface area contributed by atoms with Gasteiger partial charge in [0.05, 0.1) is 0 Å². The van der Waals surface area contributed by atoms with Crippen LogP contribution in [0.15, 0.2) is 30.3 Å². The van der Waals surface area contributed by atoms with Crippen LogP contribution < -0.4 is 0 Å². The van der Waals surface area contributed by atoms with Crippen molar-refractivity contribution in [3.8, 4) is 0 Å². The van der Waals surface area contributed by atoms with Crippen LogP contribution in [0.3, 0.4) is 0 Å². The van der Waals surface area contributed by atoms with Crippen LogP contribution in [0.1, 0.15) is 58.9 Å². The van der Waals surface area contributed by atoms with Crippen molar-refractivity contribution in [2.24, 2.45) is 11.8 Å². The van der Waals surface area contributed by atoms with E-state index in [4.69, 9.17) is 9.47 Å². The van der Waals surface area contributed by atoms with Gasteiger partial charge in [0, 0.05) is 25.7 Å². The molecular weight excluding hydrogens is 408 g/mol. The molecule has 2 heterocycles. The number of carbonyl (C=O) groups is 3. The molecule has 1 unspecified atom stereocenters. The van der Waals surface area contributed by atoms with Gasteiger partial charge in [0.2, 0.25) is 5.91 Å². The minimum atomic E-state index is -0.732. The van der Waals surface area contributed by atoms with Gasteiger partial charge in [-0.25, -0.2) is 4.79 Å². The Morgan fingerprint density at radius 1 is 1.09 bits per heavy atom. The summed E-state index contributed by atoms with van der Waals surface area (Å²) in [5.41, 5.74) is 0.368. The molecule has 2 amide bonds. The van der Waals surface area contributed by atoms with E-state index < -0.39 is 17.5 Å². The first-order valence-corrected chi connectivity index (χ1v) is 11.7. The molecule has 0 spiro atoms. The summed E-state index contributed by atoms with van der Waals surface area (Å²) in [4.78, 5) is 41.9. The molecule has 0 aliphatic carbocycles. The van der Waals surface area contributed by atoms with E-state index in [2.05, 4.69) is 6.92 Å². The fraction of sp³-hybridized carbons (Fsp3) is 0.640. The van der Waals surface area contributed by atoms with Crippen LogP contribution in [0, 0.1) is 11.8 Å². The highest BCUT2D eigenvalue weighted by Gasteiger charge is 2.45. The number of carbonyl (C=O) groups excluding carboxylic acids is 3. The monoisotopic (exact) mass is 444 g/mol. The van der Waals surface area contributed by atoms with Crippen molar-refractivity contribution in [1.82, 2.24) is 9.80 Å². The topological polar surface area (TPSA) is 76.2 Å². The van der Waals surface area contributed by atoms with Crippen molar-refractivity contribution in [3.63, 3.8) is 0 Å². The lowest BCUT2D eigenvalue weighted by molar-refractivity contribution is -0.154. The molecule has 2 aliphatic heterocycles. The van der Waals surface area contributed by atoms with Gasteiger partial charge in [-0.05, 0) is 51.5 Å². The number of hydrogen-bond donors (Lipinski definition) is 0. The molecule has 3 atom stereocenters. The summed E-state index contributed by atoms with van der Waals surface area (Å²) in [5.74, 6) is -1.14. The summed E-state index contributed by atoms with van der Waals surface area (Å²) in [6, 6.07) is 9.51. The van der Waals surface area contributed by atoms with E-state index in [0.717, 1.165) is 18.4 Å².